The summed E-state index contributed by atoms with van der Waals surface area (Å²) in [5.74, 6) is -0.908. The zero-order chi connectivity index (χ0) is 13.1. The van der Waals surface area contributed by atoms with Crippen LogP contribution >= 0.6 is 0 Å². The van der Waals surface area contributed by atoms with Crippen LogP contribution in [0.3, 0.4) is 0 Å². The number of nitrogens with zero attached hydrogens (tertiary/aromatic N) is 1. The number of carbonyl (C=O) groups is 1. The van der Waals surface area contributed by atoms with Crippen LogP contribution in [0.25, 0.3) is 0 Å². The number of benzene rings is 1. The van der Waals surface area contributed by atoms with E-state index in [4.69, 9.17) is 10.8 Å². The molecule has 1 heterocycles. The summed E-state index contributed by atoms with van der Waals surface area (Å²) < 4.78 is 13.8. The van der Waals surface area contributed by atoms with E-state index in [0.717, 1.165) is 12.8 Å². The van der Waals surface area contributed by atoms with Crippen molar-refractivity contribution in [1.82, 2.24) is 4.90 Å². The van der Waals surface area contributed by atoms with E-state index in [0.29, 0.717) is 24.3 Å². The lowest BCUT2D eigenvalue weighted by atomic mass is 9.89. The average molecular weight is 252 g/mol. The molecule has 4 nitrogen and oxygen atoms in total. The van der Waals surface area contributed by atoms with E-state index >= 15 is 0 Å². The van der Waals surface area contributed by atoms with Crippen LogP contribution in [0.5, 0.6) is 0 Å². The van der Waals surface area contributed by atoms with E-state index in [2.05, 4.69) is 0 Å². The molecule has 18 heavy (non-hydrogen) atoms. The number of anilines is 1. The van der Waals surface area contributed by atoms with Crippen LogP contribution in [0, 0.1) is 5.82 Å². The molecule has 0 spiro atoms. The number of hydrogen-bond acceptors (Lipinski definition) is 3. The molecule has 0 aromatic heterocycles. The van der Waals surface area contributed by atoms with E-state index in [-0.39, 0.29) is 18.3 Å². The standard InChI is InChI=1S/C13H17FN2O2/c14-12-7-10(15)1-2-11(12)9-3-5-16(6-4-9)8-13(17)18/h1-2,7,9H,3-6,8,15H2,(H,17,18). The molecule has 2 rings (SSSR count). The molecule has 0 amide bonds. The quantitative estimate of drug-likeness (QED) is 0.803. The van der Waals surface area contributed by atoms with Gasteiger partial charge in [0, 0.05) is 5.69 Å². The van der Waals surface area contributed by atoms with Crippen LogP contribution in [-0.4, -0.2) is 35.6 Å². The highest BCUT2D eigenvalue weighted by molar-refractivity contribution is 5.69. The number of likely N-dealkylation sites (tertiary alicyclic amines) is 1. The van der Waals surface area contributed by atoms with Crippen LogP contribution in [0.15, 0.2) is 18.2 Å². The Balaban J connectivity index is 1.99. The summed E-state index contributed by atoms with van der Waals surface area (Å²) in [5.41, 5.74) is 6.64. The van der Waals surface area contributed by atoms with Crippen molar-refractivity contribution in [2.45, 2.75) is 18.8 Å². The molecule has 98 valence electrons. The molecule has 0 radical (unpaired) electrons. The highest BCUT2D eigenvalue weighted by Gasteiger charge is 2.23. The fraction of sp³-hybridized carbons (Fsp3) is 0.462. The van der Waals surface area contributed by atoms with E-state index < -0.39 is 5.97 Å². The molecule has 0 atom stereocenters. The number of rotatable bonds is 3. The van der Waals surface area contributed by atoms with Gasteiger partial charge >= 0.3 is 5.97 Å². The van der Waals surface area contributed by atoms with Crippen molar-refractivity contribution < 1.29 is 14.3 Å². The SMILES string of the molecule is Nc1ccc(C2CCN(CC(=O)O)CC2)c(F)c1. The van der Waals surface area contributed by atoms with E-state index in [9.17, 15) is 9.18 Å². The maximum absolute atomic E-state index is 13.8. The molecule has 5 heteroatoms. The summed E-state index contributed by atoms with van der Waals surface area (Å²) in [5, 5.41) is 8.71. The molecule has 1 aliphatic heterocycles. The van der Waals surface area contributed by atoms with Gasteiger partial charge in [0.1, 0.15) is 5.82 Å². The minimum Gasteiger partial charge on any atom is -0.480 e. The first kappa shape index (κ1) is 12.8. The highest BCUT2D eigenvalue weighted by atomic mass is 19.1. The molecule has 1 saturated heterocycles. The summed E-state index contributed by atoms with van der Waals surface area (Å²) in [6.45, 7) is 1.46. The fourth-order valence-corrected chi connectivity index (χ4v) is 2.47. The first-order chi connectivity index (χ1) is 8.56. The average Bonchev–Trinajstić information content (AvgIpc) is 2.30. The van der Waals surface area contributed by atoms with Crippen molar-refractivity contribution in [1.29, 1.82) is 0 Å². The Kier molecular flexibility index (Phi) is 3.81. The second-order valence-corrected chi connectivity index (χ2v) is 4.73. The maximum Gasteiger partial charge on any atom is 0.317 e. The van der Waals surface area contributed by atoms with Crippen LogP contribution in [0.1, 0.15) is 24.3 Å². The summed E-state index contributed by atoms with van der Waals surface area (Å²) in [7, 11) is 0. The number of carboxylic acid groups (broad SMARTS) is 1. The zero-order valence-electron chi connectivity index (χ0n) is 10.1. The van der Waals surface area contributed by atoms with Crippen molar-refractivity contribution in [3.63, 3.8) is 0 Å². The monoisotopic (exact) mass is 252 g/mol. The van der Waals surface area contributed by atoms with Gasteiger partial charge < -0.3 is 10.8 Å². The number of aliphatic carboxylic acids is 1. The highest BCUT2D eigenvalue weighted by Crippen LogP contribution is 2.30. The summed E-state index contributed by atoms with van der Waals surface area (Å²) in [6, 6.07) is 4.79. The predicted molar refractivity (Wildman–Crippen MR) is 66.9 cm³/mol. The first-order valence-corrected chi connectivity index (χ1v) is 6.05. The van der Waals surface area contributed by atoms with E-state index in [1.807, 2.05) is 4.90 Å². The van der Waals surface area contributed by atoms with Gasteiger partial charge in [0.15, 0.2) is 0 Å². The van der Waals surface area contributed by atoms with Crippen molar-refractivity contribution in [2.24, 2.45) is 0 Å². The van der Waals surface area contributed by atoms with E-state index in [1.165, 1.54) is 6.07 Å². The van der Waals surface area contributed by atoms with Gasteiger partial charge in [-0.05, 0) is 49.5 Å². The third-order valence-electron chi connectivity index (χ3n) is 3.41. The van der Waals surface area contributed by atoms with Gasteiger partial charge in [0.05, 0.1) is 6.54 Å². The van der Waals surface area contributed by atoms with Gasteiger partial charge in [0.2, 0.25) is 0 Å². The molecule has 1 aromatic carbocycles. The summed E-state index contributed by atoms with van der Waals surface area (Å²) >= 11 is 0. The topological polar surface area (TPSA) is 66.6 Å². The smallest absolute Gasteiger partial charge is 0.317 e. The molecule has 1 aromatic rings. The molecule has 0 saturated carbocycles. The third kappa shape index (κ3) is 2.98. The molecule has 0 aliphatic carbocycles. The Hall–Kier alpha value is -1.62. The lowest BCUT2D eigenvalue weighted by Crippen LogP contribution is -2.36. The van der Waals surface area contributed by atoms with Crippen LogP contribution in [0.4, 0.5) is 10.1 Å². The minimum atomic E-state index is -0.813. The number of carboxylic acids is 1. The van der Waals surface area contributed by atoms with Gasteiger partial charge in [-0.2, -0.15) is 0 Å². The van der Waals surface area contributed by atoms with Crippen LogP contribution in [0.2, 0.25) is 0 Å². The Bertz CT molecular complexity index is 443. The molecular weight excluding hydrogens is 235 g/mol. The summed E-state index contributed by atoms with van der Waals surface area (Å²) in [4.78, 5) is 12.5. The number of nitrogen functional groups attached to an aromatic ring is 1. The fourth-order valence-electron chi connectivity index (χ4n) is 2.47. The number of halogens is 1. The summed E-state index contributed by atoms with van der Waals surface area (Å²) in [6.07, 6.45) is 1.57. The van der Waals surface area contributed by atoms with Gasteiger partial charge in [0.25, 0.3) is 0 Å². The Labute approximate surface area is 105 Å². The van der Waals surface area contributed by atoms with Gasteiger partial charge in [-0.3, -0.25) is 9.69 Å². The number of nitrogens with two attached hydrogens (primary N) is 1. The first-order valence-electron chi connectivity index (χ1n) is 6.05. The Morgan fingerprint density at radius 3 is 2.67 bits per heavy atom. The maximum atomic E-state index is 13.8. The largest absolute Gasteiger partial charge is 0.480 e. The van der Waals surface area contributed by atoms with Gasteiger partial charge in [-0.15, -0.1) is 0 Å². The lowest BCUT2D eigenvalue weighted by Gasteiger charge is -2.31. The lowest BCUT2D eigenvalue weighted by molar-refractivity contribution is -0.138. The molecule has 1 aliphatic rings. The molecule has 0 unspecified atom stereocenters. The van der Waals surface area contributed by atoms with Crippen LogP contribution in [-0.2, 0) is 4.79 Å². The van der Waals surface area contributed by atoms with Gasteiger partial charge in [-0.1, -0.05) is 6.07 Å². The Morgan fingerprint density at radius 2 is 2.11 bits per heavy atom. The number of hydrogen-bond donors (Lipinski definition) is 2. The minimum absolute atomic E-state index is 0.0664. The second-order valence-electron chi connectivity index (χ2n) is 4.73. The molecule has 1 fully saturated rings. The third-order valence-corrected chi connectivity index (χ3v) is 3.41. The van der Waals surface area contributed by atoms with Crippen LogP contribution < -0.4 is 5.73 Å². The predicted octanol–water partition coefficient (Wildman–Crippen LogP) is 1.67. The Morgan fingerprint density at radius 1 is 1.44 bits per heavy atom. The van der Waals surface area contributed by atoms with Crippen molar-refractivity contribution in [3.05, 3.63) is 29.6 Å². The van der Waals surface area contributed by atoms with Gasteiger partial charge in [-0.25, -0.2) is 4.39 Å². The zero-order valence-corrected chi connectivity index (χ0v) is 10.1. The normalized spacial score (nSPS) is 17.8. The van der Waals surface area contributed by atoms with Crippen molar-refractivity contribution >= 4 is 11.7 Å². The number of piperidine rings is 1. The van der Waals surface area contributed by atoms with Crippen molar-refractivity contribution in [2.75, 3.05) is 25.4 Å². The van der Waals surface area contributed by atoms with E-state index in [1.54, 1.807) is 12.1 Å². The molecule has 3 N–H and O–H groups in total. The van der Waals surface area contributed by atoms with Crippen molar-refractivity contribution in [3.8, 4) is 0 Å². The molecule has 0 bridgehead atoms. The second kappa shape index (κ2) is 5.35. The molecular formula is C13H17FN2O2.